The lowest BCUT2D eigenvalue weighted by Gasteiger charge is -2.11. The Labute approximate surface area is 131 Å². The van der Waals surface area contributed by atoms with E-state index in [2.05, 4.69) is 15.5 Å². The van der Waals surface area contributed by atoms with E-state index in [1.165, 1.54) is 7.05 Å². The lowest BCUT2D eigenvalue weighted by Crippen LogP contribution is -2.32. The van der Waals surface area contributed by atoms with Crippen LogP contribution in [0.3, 0.4) is 0 Å². The smallest absolute Gasteiger partial charge is 0.330 e. The van der Waals surface area contributed by atoms with Crippen LogP contribution < -0.4 is 21.4 Å². The van der Waals surface area contributed by atoms with Crippen molar-refractivity contribution in [1.29, 1.82) is 0 Å². The molecule has 0 saturated carbocycles. The van der Waals surface area contributed by atoms with Gasteiger partial charge in [0.1, 0.15) is 11.3 Å². The van der Waals surface area contributed by atoms with E-state index in [-0.39, 0.29) is 11.6 Å². The molecular weight excluding hydrogens is 300 g/mol. The first-order chi connectivity index (χ1) is 11.0. The summed E-state index contributed by atoms with van der Waals surface area (Å²) in [7, 11) is 2.97. The van der Waals surface area contributed by atoms with Gasteiger partial charge in [0.25, 0.3) is 5.56 Å². The molecule has 1 atom stereocenters. The van der Waals surface area contributed by atoms with Gasteiger partial charge in [-0.2, -0.15) is 5.10 Å². The van der Waals surface area contributed by atoms with Gasteiger partial charge in [-0.1, -0.05) is 12.1 Å². The molecule has 3 N–H and O–H groups in total. The summed E-state index contributed by atoms with van der Waals surface area (Å²) in [5.41, 5.74) is 3.01. The molecule has 23 heavy (non-hydrogen) atoms. The highest BCUT2D eigenvalue weighted by molar-refractivity contribution is 6.03. The molecule has 1 aromatic carbocycles. The minimum absolute atomic E-state index is 0.00983. The van der Waals surface area contributed by atoms with Gasteiger partial charge >= 0.3 is 5.69 Å². The number of hydrazone groups is 1. The van der Waals surface area contributed by atoms with E-state index in [0.717, 1.165) is 15.9 Å². The van der Waals surface area contributed by atoms with Crippen molar-refractivity contribution in [2.75, 3.05) is 7.11 Å². The summed E-state index contributed by atoms with van der Waals surface area (Å²) in [6.07, 6.45) is 0.418. The number of hydrogen-bond acceptors (Lipinski definition) is 6. The molecule has 0 amide bonds. The average Bonchev–Trinajstić information content (AvgIpc) is 3.02. The highest BCUT2D eigenvalue weighted by Crippen LogP contribution is 2.26. The zero-order valence-electron chi connectivity index (χ0n) is 12.7. The topological polar surface area (TPSA) is 109 Å². The molecule has 0 aliphatic carbocycles. The summed E-state index contributed by atoms with van der Waals surface area (Å²) in [4.78, 5) is 25.6. The van der Waals surface area contributed by atoms with Crippen LogP contribution in [-0.2, 0) is 7.05 Å². The molecular formula is C15H16N4O4. The first kappa shape index (κ1) is 14.9. The zero-order chi connectivity index (χ0) is 16.6. The molecule has 1 aliphatic heterocycles. The third-order valence-corrected chi connectivity index (χ3v) is 3.85. The Hall–Kier alpha value is -3.03. The molecule has 1 aliphatic rings. The van der Waals surface area contributed by atoms with Crippen molar-refractivity contribution in [1.82, 2.24) is 15.0 Å². The maximum atomic E-state index is 12.0. The number of rotatable bonds is 3. The summed E-state index contributed by atoms with van der Waals surface area (Å²) in [6.45, 7) is 0. The van der Waals surface area contributed by atoms with Gasteiger partial charge in [0.15, 0.2) is 0 Å². The zero-order valence-corrected chi connectivity index (χ0v) is 12.7. The van der Waals surface area contributed by atoms with Crippen LogP contribution in [0.4, 0.5) is 0 Å². The number of aromatic amines is 1. The van der Waals surface area contributed by atoms with E-state index in [1.54, 1.807) is 7.11 Å². The maximum Gasteiger partial charge on any atom is 0.330 e. The molecule has 8 heteroatoms. The number of ether oxygens (including phenoxy) is 1. The molecule has 0 unspecified atom stereocenters. The van der Waals surface area contributed by atoms with Crippen LogP contribution in [0.2, 0.25) is 0 Å². The fraction of sp³-hybridized carbons (Fsp3) is 0.267. The van der Waals surface area contributed by atoms with Gasteiger partial charge in [-0.15, -0.1) is 0 Å². The highest BCUT2D eigenvalue weighted by Gasteiger charge is 2.26. The molecule has 2 aromatic rings. The molecule has 120 valence electrons. The van der Waals surface area contributed by atoms with Crippen molar-refractivity contribution < 1.29 is 9.84 Å². The van der Waals surface area contributed by atoms with Gasteiger partial charge in [0, 0.05) is 13.5 Å². The van der Waals surface area contributed by atoms with Crippen LogP contribution in [0.25, 0.3) is 0 Å². The summed E-state index contributed by atoms with van der Waals surface area (Å²) >= 11 is 0. The number of nitrogens with one attached hydrogen (secondary N) is 2. The Bertz CT molecular complexity index is 880. The van der Waals surface area contributed by atoms with Gasteiger partial charge < -0.3 is 15.3 Å². The van der Waals surface area contributed by atoms with Crippen LogP contribution in [0.1, 0.15) is 23.6 Å². The predicted molar refractivity (Wildman–Crippen MR) is 84.0 cm³/mol. The molecule has 2 heterocycles. The number of aromatic nitrogens is 2. The summed E-state index contributed by atoms with van der Waals surface area (Å²) in [6, 6.07) is 7.36. The first-order valence-corrected chi connectivity index (χ1v) is 7.00. The van der Waals surface area contributed by atoms with Crippen LogP contribution >= 0.6 is 0 Å². The van der Waals surface area contributed by atoms with Crippen LogP contribution in [0, 0.1) is 0 Å². The summed E-state index contributed by atoms with van der Waals surface area (Å²) in [5, 5.41) is 14.2. The Morgan fingerprint density at radius 1 is 1.30 bits per heavy atom. The number of aromatic hydroxyl groups is 1. The molecule has 8 nitrogen and oxygen atoms in total. The van der Waals surface area contributed by atoms with Crippen molar-refractivity contribution in [3.8, 4) is 11.6 Å². The fourth-order valence-electron chi connectivity index (χ4n) is 2.50. The second kappa shape index (κ2) is 5.64. The fourth-order valence-corrected chi connectivity index (χ4v) is 2.50. The van der Waals surface area contributed by atoms with Gasteiger partial charge in [0.2, 0.25) is 5.88 Å². The van der Waals surface area contributed by atoms with Crippen molar-refractivity contribution in [2.45, 2.75) is 12.5 Å². The summed E-state index contributed by atoms with van der Waals surface area (Å²) < 4.78 is 6.09. The van der Waals surface area contributed by atoms with Crippen molar-refractivity contribution >= 4 is 5.71 Å². The predicted octanol–water partition coefficient (Wildman–Crippen LogP) is 0.226. The minimum Gasteiger partial charge on any atom is -0.497 e. The highest BCUT2D eigenvalue weighted by atomic mass is 16.5. The standard InChI is InChI=1S/C15H16N4O4/c1-19-14(21)12(13(20)16-15(19)22)11-7-10(17-18-11)8-3-5-9(23-2)6-4-8/h3-6,10,17,21H,7H2,1-2H3,(H,16,20,22)/t10-/m1/s1. The first-order valence-electron chi connectivity index (χ1n) is 7.00. The van der Waals surface area contributed by atoms with Crippen molar-refractivity contribution in [3.05, 3.63) is 56.2 Å². The molecule has 0 saturated heterocycles. The number of nitrogens with zero attached hydrogens (tertiary/aromatic N) is 2. The Morgan fingerprint density at radius 3 is 2.65 bits per heavy atom. The molecule has 3 rings (SSSR count). The quantitative estimate of drug-likeness (QED) is 0.751. The van der Waals surface area contributed by atoms with E-state index in [4.69, 9.17) is 4.74 Å². The van der Waals surface area contributed by atoms with Gasteiger partial charge in [0.05, 0.1) is 18.9 Å². The minimum atomic E-state index is -0.672. The summed E-state index contributed by atoms with van der Waals surface area (Å²) in [5.74, 6) is 0.356. The monoisotopic (exact) mass is 316 g/mol. The van der Waals surface area contributed by atoms with Crippen LogP contribution in [0.15, 0.2) is 39.0 Å². The normalized spacial score (nSPS) is 16.8. The average molecular weight is 316 g/mol. The van der Waals surface area contributed by atoms with E-state index < -0.39 is 17.1 Å². The van der Waals surface area contributed by atoms with Gasteiger partial charge in [-0.25, -0.2) is 4.79 Å². The van der Waals surface area contributed by atoms with E-state index in [0.29, 0.717) is 12.1 Å². The third-order valence-electron chi connectivity index (χ3n) is 3.85. The third kappa shape index (κ3) is 2.59. The number of hydrogen-bond donors (Lipinski definition) is 3. The molecule has 0 radical (unpaired) electrons. The van der Waals surface area contributed by atoms with Crippen molar-refractivity contribution in [3.63, 3.8) is 0 Å². The Balaban J connectivity index is 1.89. The number of benzene rings is 1. The lowest BCUT2D eigenvalue weighted by atomic mass is 10.00. The molecule has 0 spiro atoms. The van der Waals surface area contributed by atoms with E-state index in [1.807, 2.05) is 24.3 Å². The Kier molecular flexibility index (Phi) is 3.65. The Morgan fingerprint density at radius 2 is 2.00 bits per heavy atom. The number of methoxy groups -OCH3 is 1. The van der Waals surface area contributed by atoms with Crippen molar-refractivity contribution in [2.24, 2.45) is 12.1 Å². The van der Waals surface area contributed by atoms with Gasteiger partial charge in [-0.05, 0) is 17.7 Å². The van der Waals surface area contributed by atoms with Crippen LogP contribution in [0.5, 0.6) is 11.6 Å². The molecule has 1 aromatic heterocycles. The van der Waals surface area contributed by atoms with E-state index in [9.17, 15) is 14.7 Å². The molecule has 0 bridgehead atoms. The largest absolute Gasteiger partial charge is 0.497 e. The number of H-pyrrole nitrogens is 1. The van der Waals surface area contributed by atoms with E-state index >= 15 is 0 Å². The second-order valence-corrected chi connectivity index (χ2v) is 5.23. The SMILES string of the molecule is COc1ccc([C@H]2CC(c3c(O)n(C)c(=O)[nH]c3=O)=NN2)cc1. The molecule has 0 fully saturated rings. The van der Waals surface area contributed by atoms with Crippen LogP contribution in [-0.4, -0.2) is 27.5 Å². The second-order valence-electron chi connectivity index (χ2n) is 5.23. The lowest BCUT2D eigenvalue weighted by molar-refractivity contribution is 0.414. The van der Waals surface area contributed by atoms with Gasteiger partial charge in [-0.3, -0.25) is 14.3 Å². The maximum absolute atomic E-state index is 12.0.